The number of hydrogen-bond donors (Lipinski definition) is 1. The topological polar surface area (TPSA) is 108 Å². The average molecular weight is 728 g/mol. The van der Waals surface area contributed by atoms with Crippen molar-refractivity contribution < 1.29 is 14.4 Å². The van der Waals surface area contributed by atoms with Crippen LogP contribution in [0.4, 0.5) is 16.6 Å². The highest BCUT2D eigenvalue weighted by Crippen LogP contribution is 2.44. The number of Topliss-reactive ketones (excluding diaryl/α,β-unsaturated/α-hetero) is 2. The van der Waals surface area contributed by atoms with Crippen LogP contribution in [0.3, 0.4) is 0 Å². The Morgan fingerprint density at radius 2 is 1.80 bits per heavy atom. The van der Waals surface area contributed by atoms with Crippen molar-refractivity contribution >= 4 is 92.4 Å². The lowest BCUT2D eigenvalue weighted by Gasteiger charge is -2.42. The zero-order valence-corrected chi connectivity index (χ0v) is 29.1. The molecule has 8 rings (SSSR count). The van der Waals surface area contributed by atoms with Gasteiger partial charge >= 0.3 is 0 Å². The third-order valence-electron chi connectivity index (χ3n) is 9.37. The fourth-order valence-corrected chi connectivity index (χ4v) is 8.33. The van der Waals surface area contributed by atoms with Crippen molar-refractivity contribution in [2.45, 2.75) is 19.4 Å². The molecule has 1 N–H and O–H groups in total. The molecule has 244 valence electrons. The maximum absolute atomic E-state index is 14.3. The minimum Gasteiger partial charge on any atom is -0.340 e. The number of nitrogens with zero attached hydrogens (tertiary/aromatic N) is 5. The van der Waals surface area contributed by atoms with Gasteiger partial charge in [-0.2, -0.15) is 0 Å². The summed E-state index contributed by atoms with van der Waals surface area (Å²) in [6, 6.07) is 14.9. The molecule has 2 aliphatic carbocycles. The average Bonchev–Trinajstić information content (AvgIpc) is 3.71. The summed E-state index contributed by atoms with van der Waals surface area (Å²) >= 11 is 19.8. The number of benzene rings is 3. The van der Waals surface area contributed by atoms with Crippen LogP contribution in [0.1, 0.15) is 29.8 Å². The number of hydrogen-bond acceptors (Lipinski definition) is 9. The zero-order valence-electron chi connectivity index (χ0n) is 26.0. The Morgan fingerprint density at radius 3 is 2.57 bits per heavy atom. The molecule has 0 radical (unpaired) electrons. The van der Waals surface area contributed by atoms with Crippen molar-refractivity contribution in [3.8, 4) is 22.4 Å². The van der Waals surface area contributed by atoms with E-state index in [9.17, 15) is 14.4 Å². The van der Waals surface area contributed by atoms with Crippen LogP contribution in [0, 0.1) is 5.92 Å². The van der Waals surface area contributed by atoms with Crippen LogP contribution in [-0.4, -0.2) is 45.6 Å². The molecule has 2 aromatic heterocycles. The number of amides is 1. The first kappa shape index (κ1) is 31.6. The van der Waals surface area contributed by atoms with E-state index < -0.39 is 11.5 Å². The number of anilines is 3. The number of ketones is 2. The summed E-state index contributed by atoms with van der Waals surface area (Å²) in [5.74, 6) is -0.309. The molecule has 0 fully saturated rings. The van der Waals surface area contributed by atoms with Gasteiger partial charge in [0.1, 0.15) is 17.6 Å². The van der Waals surface area contributed by atoms with Crippen LogP contribution in [-0.2, 0) is 15.1 Å². The van der Waals surface area contributed by atoms with Crippen LogP contribution in [0.5, 0.6) is 0 Å². The van der Waals surface area contributed by atoms with Crippen molar-refractivity contribution in [2.75, 3.05) is 28.3 Å². The maximum atomic E-state index is 14.3. The SMILES string of the molecule is CC1C=c2c(ccc3c2=CC(=O)c2ccccc2-3)C(C)(N2CN(CC(=O)Nc3nc(-c4cc(Cl)c(Cl)c(Cl)c4)cs3)c3cncnc32)C1=O. The number of fused-ring (bicyclic) bond motifs is 6. The highest BCUT2D eigenvalue weighted by Gasteiger charge is 2.50. The van der Waals surface area contributed by atoms with Gasteiger partial charge in [0.25, 0.3) is 0 Å². The van der Waals surface area contributed by atoms with E-state index in [1.165, 1.54) is 17.7 Å². The quantitative estimate of drug-likeness (QED) is 0.209. The van der Waals surface area contributed by atoms with Gasteiger partial charge in [-0.25, -0.2) is 15.0 Å². The first-order valence-electron chi connectivity index (χ1n) is 15.3. The van der Waals surface area contributed by atoms with Gasteiger partial charge in [-0.1, -0.05) is 84.2 Å². The predicted octanol–water partition coefficient (Wildman–Crippen LogP) is 6.34. The molecular weight excluding hydrogens is 703 g/mol. The molecule has 2 unspecified atom stereocenters. The molecule has 0 saturated carbocycles. The molecule has 9 nitrogen and oxygen atoms in total. The molecule has 49 heavy (non-hydrogen) atoms. The number of nitrogens with one attached hydrogen (secondary N) is 1. The lowest BCUT2D eigenvalue weighted by atomic mass is 9.73. The third-order valence-corrected chi connectivity index (χ3v) is 11.3. The molecule has 5 aromatic rings. The molecule has 13 heteroatoms. The first-order chi connectivity index (χ1) is 23.5. The minimum atomic E-state index is -1.16. The summed E-state index contributed by atoms with van der Waals surface area (Å²) in [7, 11) is 0. The Bertz CT molecular complexity index is 2370. The number of carbonyl (C=O) groups excluding carboxylic acids is 3. The van der Waals surface area contributed by atoms with Gasteiger partial charge in [0.2, 0.25) is 5.91 Å². The highest BCUT2D eigenvalue weighted by atomic mass is 35.5. The van der Waals surface area contributed by atoms with Crippen molar-refractivity contribution in [2.24, 2.45) is 5.92 Å². The second kappa shape index (κ2) is 11.8. The van der Waals surface area contributed by atoms with Crippen LogP contribution < -0.4 is 25.6 Å². The zero-order chi connectivity index (χ0) is 34.2. The summed E-state index contributed by atoms with van der Waals surface area (Å²) in [6.45, 7) is 3.91. The van der Waals surface area contributed by atoms with Gasteiger partial charge in [0.05, 0.1) is 40.2 Å². The van der Waals surface area contributed by atoms with Gasteiger partial charge in [0.15, 0.2) is 22.5 Å². The van der Waals surface area contributed by atoms with Crippen molar-refractivity contribution in [1.29, 1.82) is 0 Å². The number of rotatable bonds is 5. The molecule has 3 aromatic carbocycles. The van der Waals surface area contributed by atoms with Crippen molar-refractivity contribution in [3.05, 3.63) is 103 Å². The normalized spacial score (nSPS) is 19.0. The Balaban J connectivity index is 1.11. The van der Waals surface area contributed by atoms with Crippen LogP contribution in [0.2, 0.25) is 15.1 Å². The van der Waals surface area contributed by atoms with E-state index in [4.69, 9.17) is 34.8 Å². The van der Waals surface area contributed by atoms with Gasteiger partial charge in [-0.05, 0) is 52.3 Å². The van der Waals surface area contributed by atoms with Gasteiger partial charge in [-0.15, -0.1) is 11.3 Å². The monoisotopic (exact) mass is 726 g/mol. The first-order valence-corrected chi connectivity index (χ1v) is 17.3. The van der Waals surface area contributed by atoms with Gasteiger partial charge in [0, 0.05) is 22.4 Å². The molecule has 1 amide bonds. The Kier molecular flexibility index (Phi) is 7.60. The molecule has 0 saturated heterocycles. The summed E-state index contributed by atoms with van der Waals surface area (Å²) in [5.41, 5.74) is 3.96. The third kappa shape index (κ3) is 5.04. The molecule has 0 spiro atoms. The smallest absolute Gasteiger partial charge is 0.245 e. The summed E-state index contributed by atoms with van der Waals surface area (Å²) in [6.07, 6.45) is 6.71. The number of halogens is 3. The second-order valence-electron chi connectivity index (χ2n) is 12.3. The van der Waals surface area contributed by atoms with Gasteiger partial charge < -0.3 is 15.1 Å². The lowest BCUT2D eigenvalue weighted by molar-refractivity contribution is -0.126. The molecule has 0 bridgehead atoms. The van der Waals surface area contributed by atoms with Crippen LogP contribution >= 0.6 is 46.1 Å². The van der Waals surface area contributed by atoms with E-state index in [1.807, 2.05) is 66.1 Å². The van der Waals surface area contributed by atoms with E-state index in [0.717, 1.165) is 27.1 Å². The Labute approximate surface area is 299 Å². The lowest BCUT2D eigenvalue weighted by Crippen LogP contribution is -2.59. The van der Waals surface area contributed by atoms with E-state index in [2.05, 4.69) is 20.3 Å². The fraction of sp³-hybridized carbons (Fsp3) is 0.167. The van der Waals surface area contributed by atoms with Gasteiger partial charge in [-0.3, -0.25) is 14.4 Å². The second-order valence-corrected chi connectivity index (χ2v) is 14.3. The molecular formula is C36H25Cl3N6O3S. The molecule has 1 aliphatic heterocycles. The Hall–Kier alpha value is -4.61. The minimum absolute atomic E-state index is 0.0175. The maximum Gasteiger partial charge on any atom is 0.245 e. The summed E-state index contributed by atoms with van der Waals surface area (Å²) in [4.78, 5) is 58.1. The number of aromatic nitrogens is 3. The van der Waals surface area contributed by atoms with Crippen molar-refractivity contribution in [3.63, 3.8) is 0 Å². The number of thiazole rings is 1. The van der Waals surface area contributed by atoms with Crippen LogP contribution in [0.15, 0.2) is 66.4 Å². The standard InChI is InChI=1S/C36H25Cl3N6O3S/c1-18-9-24-23-12-30(46)22-6-4-3-5-20(22)21(23)7-8-25(24)36(2,33(18)48)45-17-44(29-13-40-16-41-34(29)45)14-31(47)43-35-42-28(15-49-35)19-10-26(37)32(39)27(38)11-19/h3-13,15-16,18H,14,17H2,1-2H3,(H,42,43,47). The number of carbonyl (C=O) groups is 3. The Morgan fingerprint density at radius 1 is 1.04 bits per heavy atom. The van der Waals surface area contributed by atoms with Crippen LogP contribution in [0.25, 0.3) is 34.5 Å². The largest absolute Gasteiger partial charge is 0.340 e. The molecule has 2 atom stereocenters. The van der Waals surface area contributed by atoms with E-state index in [1.54, 1.807) is 29.8 Å². The van der Waals surface area contributed by atoms with E-state index in [0.29, 0.717) is 43.5 Å². The van der Waals surface area contributed by atoms with E-state index >= 15 is 0 Å². The summed E-state index contributed by atoms with van der Waals surface area (Å²) in [5, 5.41) is 7.59. The highest BCUT2D eigenvalue weighted by molar-refractivity contribution is 7.14. The summed E-state index contributed by atoms with van der Waals surface area (Å²) < 4.78 is 0. The van der Waals surface area contributed by atoms with Crippen molar-refractivity contribution in [1.82, 2.24) is 15.0 Å². The van der Waals surface area contributed by atoms with E-state index in [-0.39, 0.29) is 35.7 Å². The molecule has 3 aliphatic rings. The fourth-order valence-electron chi connectivity index (χ4n) is 7.00. The predicted molar refractivity (Wildman–Crippen MR) is 194 cm³/mol. The molecule has 3 heterocycles.